The van der Waals surface area contributed by atoms with Crippen LogP contribution in [0.15, 0.2) is 57.3 Å². The number of halogens is 1. The van der Waals surface area contributed by atoms with Gasteiger partial charge in [-0.2, -0.15) is 0 Å². The summed E-state index contributed by atoms with van der Waals surface area (Å²) < 4.78 is 2.91. The average molecular weight is 321 g/mol. The molecule has 0 saturated carbocycles. The van der Waals surface area contributed by atoms with Crippen molar-refractivity contribution in [2.75, 3.05) is 5.73 Å². The predicted octanol–water partition coefficient (Wildman–Crippen LogP) is 3.23. The van der Waals surface area contributed by atoms with Crippen LogP contribution < -0.4 is 5.73 Å². The van der Waals surface area contributed by atoms with E-state index in [1.54, 1.807) is 24.2 Å². The highest BCUT2D eigenvalue weighted by Gasteiger charge is 2.09. The third kappa shape index (κ3) is 2.09. The van der Waals surface area contributed by atoms with Crippen molar-refractivity contribution in [1.82, 2.24) is 14.4 Å². The van der Waals surface area contributed by atoms with E-state index in [1.807, 2.05) is 34.9 Å². The van der Waals surface area contributed by atoms with Gasteiger partial charge >= 0.3 is 0 Å². The molecule has 3 aromatic rings. The third-order valence-electron chi connectivity index (χ3n) is 2.41. The minimum atomic E-state index is 0.482. The van der Waals surface area contributed by atoms with Crippen LogP contribution in [0.5, 0.6) is 0 Å². The zero-order valence-electron chi connectivity index (χ0n) is 9.25. The zero-order chi connectivity index (χ0) is 12.5. The number of nitrogen functional groups attached to an aromatic ring is 1. The van der Waals surface area contributed by atoms with Crippen LogP contribution in [0.1, 0.15) is 0 Å². The first kappa shape index (κ1) is 11.6. The van der Waals surface area contributed by atoms with Gasteiger partial charge < -0.3 is 10.1 Å². The smallest absolute Gasteiger partial charge is 0.170 e. The van der Waals surface area contributed by atoms with Crippen molar-refractivity contribution in [3.8, 4) is 0 Å². The summed E-state index contributed by atoms with van der Waals surface area (Å²) in [4.78, 5) is 9.72. The van der Waals surface area contributed by atoms with Crippen molar-refractivity contribution >= 4 is 39.2 Å². The molecule has 0 radical (unpaired) electrons. The summed E-state index contributed by atoms with van der Waals surface area (Å²) in [7, 11) is 0. The first-order chi connectivity index (χ1) is 8.74. The van der Waals surface area contributed by atoms with Crippen molar-refractivity contribution in [2.24, 2.45) is 0 Å². The number of nitrogens with zero attached hydrogens (tertiary/aromatic N) is 3. The maximum atomic E-state index is 5.79. The van der Waals surface area contributed by atoms with Crippen LogP contribution >= 0.6 is 27.7 Å². The van der Waals surface area contributed by atoms with Gasteiger partial charge in [0.1, 0.15) is 10.8 Å². The fourth-order valence-corrected chi connectivity index (χ4v) is 3.07. The van der Waals surface area contributed by atoms with Gasteiger partial charge in [-0.3, -0.25) is 0 Å². The topological polar surface area (TPSA) is 56.2 Å². The second-order valence-corrected chi connectivity index (χ2v) is 5.55. The summed E-state index contributed by atoms with van der Waals surface area (Å²) >= 11 is 5.06. The summed E-state index contributed by atoms with van der Waals surface area (Å²) in [5, 5.41) is 0.798. The lowest BCUT2D eigenvalue weighted by atomic mass is 10.4. The largest absolute Gasteiger partial charge is 0.382 e. The second-order valence-electron chi connectivity index (χ2n) is 3.66. The van der Waals surface area contributed by atoms with Crippen LogP contribution in [0.4, 0.5) is 5.82 Å². The van der Waals surface area contributed by atoms with Crippen LogP contribution in [-0.2, 0) is 0 Å². The molecule has 0 bridgehead atoms. The number of hydrogen-bond acceptors (Lipinski definition) is 4. The quantitative estimate of drug-likeness (QED) is 0.787. The molecule has 4 nitrogen and oxygen atoms in total. The van der Waals surface area contributed by atoms with E-state index in [9.17, 15) is 0 Å². The summed E-state index contributed by atoms with van der Waals surface area (Å²) in [5.74, 6) is 0.482. The molecule has 2 heterocycles. The Morgan fingerprint density at radius 3 is 2.94 bits per heavy atom. The molecular formula is C12H9BrN4S. The summed E-state index contributed by atoms with van der Waals surface area (Å²) in [6.07, 6.45) is 5.35. The van der Waals surface area contributed by atoms with Crippen LogP contribution in [0.2, 0.25) is 0 Å². The Morgan fingerprint density at radius 1 is 1.28 bits per heavy atom. The molecule has 2 aromatic heterocycles. The monoisotopic (exact) mass is 320 g/mol. The molecule has 18 heavy (non-hydrogen) atoms. The van der Waals surface area contributed by atoms with E-state index in [4.69, 9.17) is 5.73 Å². The van der Waals surface area contributed by atoms with Crippen LogP contribution in [-0.4, -0.2) is 14.4 Å². The SMILES string of the molecule is Nc1cn2ccnc2c(Sc2ccccc2Br)n1. The molecule has 6 heteroatoms. The van der Waals surface area contributed by atoms with Crippen LogP contribution in [0, 0.1) is 0 Å². The molecule has 0 saturated heterocycles. The molecule has 0 spiro atoms. The molecule has 3 rings (SSSR count). The summed E-state index contributed by atoms with van der Waals surface area (Å²) in [6.45, 7) is 0. The number of nitrogens with two attached hydrogens (primary N) is 1. The average Bonchev–Trinajstić information content (AvgIpc) is 2.80. The third-order valence-corrected chi connectivity index (χ3v) is 4.40. The normalized spacial score (nSPS) is 10.9. The fourth-order valence-electron chi connectivity index (χ4n) is 1.62. The van der Waals surface area contributed by atoms with E-state index in [0.29, 0.717) is 5.82 Å². The van der Waals surface area contributed by atoms with Gasteiger partial charge in [0, 0.05) is 21.8 Å². The molecule has 0 fully saturated rings. The minimum Gasteiger partial charge on any atom is -0.382 e. The molecule has 2 N–H and O–H groups in total. The Hall–Kier alpha value is -1.53. The lowest BCUT2D eigenvalue weighted by molar-refractivity contribution is 1.04. The van der Waals surface area contributed by atoms with E-state index in [-0.39, 0.29) is 0 Å². The Balaban J connectivity index is 2.10. The summed E-state index contributed by atoms with van der Waals surface area (Å²) in [6, 6.07) is 7.99. The van der Waals surface area contributed by atoms with Crippen molar-refractivity contribution < 1.29 is 0 Å². The summed E-state index contributed by atoms with van der Waals surface area (Å²) in [5.41, 5.74) is 6.60. The first-order valence-corrected chi connectivity index (χ1v) is 6.86. The zero-order valence-corrected chi connectivity index (χ0v) is 11.6. The highest BCUT2D eigenvalue weighted by molar-refractivity contribution is 9.10. The molecule has 0 aliphatic carbocycles. The van der Waals surface area contributed by atoms with E-state index < -0.39 is 0 Å². The van der Waals surface area contributed by atoms with E-state index in [1.165, 1.54) is 0 Å². The molecule has 0 aliphatic rings. The van der Waals surface area contributed by atoms with E-state index in [0.717, 1.165) is 20.0 Å². The van der Waals surface area contributed by atoms with E-state index >= 15 is 0 Å². The van der Waals surface area contributed by atoms with Gasteiger partial charge in [0.25, 0.3) is 0 Å². The van der Waals surface area contributed by atoms with Gasteiger partial charge in [0.2, 0.25) is 0 Å². The van der Waals surface area contributed by atoms with Crippen molar-refractivity contribution in [1.29, 1.82) is 0 Å². The number of rotatable bonds is 2. The second kappa shape index (κ2) is 4.62. The van der Waals surface area contributed by atoms with Crippen molar-refractivity contribution in [3.05, 3.63) is 47.3 Å². The van der Waals surface area contributed by atoms with Gasteiger partial charge in [0.15, 0.2) is 5.65 Å². The number of hydrogen-bond donors (Lipinski definition) is 1. The minimum absolute atomic E-state index is 0.482. The highest BCUT2D eigenvalue weighted by Crippen LogP contribution is 2.34. The van der Waals surface area contributed by atoms with Crippen LogP contribution in [0.25, 0.3) is 5.65 Å². The molecule has 0 aliphatic heterocycles. The van der Waals surface area contributed by atoms with Gasteiger partial charge in [-0.15, -0.1) is 0 Å². The first-order valence-electron chi connectivity index (χ1n) is 5.25. The molecule has 0 atom stereocenters. The Kier molecular flexibility index (Phi) is 2.97. The number of imidazole rings is 1. The van der Waals surface area contributed by atoms with Crippen molar-refractivity contribution in [2.45, 2.75) is 9.92 Å². The molecule has 1 aromatic carbocycles. The maximum Gasteiger partial charge on any atom is 0.170 e. The number of aromatic nitrogens is 3. The highest BCUT2D eigenvalue weighted by atomic mass is 79.9. The Morgan fingerprint density at radius 2 is 2.11 bits per heavy atom. The lowest BCUT2D eigenvalue weighted by Crippen LogP contribution is -1.97. The van der Waals surface area contributed by atoms with Gasteiger partial charge in [-0.1, -0.05) is 23.9 Å². The van der Waals surface area contributed by atoms with Crippen molar-refractivity contribution in [3.63, 3.8) is 0 Å². The van der Waals surface area contributed by atoms with Crippen LogP contribution in [0.3, 0.4) is 0 Å². The van der Waals surface area contributed by atoms with Gasteiger partial charge in [0.05, 0.1) is 6.20 Å². The fraction of sp³-hybridized carbons (Fsp3) is 0. The lowest BCUT2D eigenvalue weighted by Gasteiger charge is -2.05. The standard InChI is InChI=1S/C12H9BrN4S/c13-8-3-1-2-4-9(8)18-12-11-15-5-6-17(11)7-10(14)16-12/h1-7H,14H2. The number of fused-ring (bicyclic) bond motifs is 1. The maximum absolute atomic E-state index is 5.79. The Bertz CT molecular complexity index is 710. The van der Waals surface area contributed by atoms with Gasteiger partial charge in [-0.05, 0) is 28.1 Å². The molecular weight excluding hydrogens is 312 g/mol. The van der Waals surface area contributed by atoms with E-state index in [2.05, 4.69) is 25.9 Å². The number of benzene rings is 1. The Labute approximate surface area is 116 Å². The number of anilines is 1. The molecule has 0 amide bonds. The van der Waals surface area contributed by atoms with Gasteiger partial charge in [-0.25, -0.2) is 9.97 Å². The predicted molar refractivity (Wildman–Crippen MR) is 75.7 cm³/mol. The molecule has 0 unspecified atom stereocenters. The molecule has 90 valence electrons.